The number of methoxy groups -OCH3 is 2. The van der Waals surface area contributed by atoms with Crippen molar-refractivity contribution in [1.82, 2.24) is 9.80 Å². The third kappa shape index (κ3) is 3.85. The summed E-state index contributed by atoms with van der Waals surface area (Å²) in [6, 6.07) is 11.8. The van der Waals surface area contributed by atoms with E-state index in [1.54, 1.807) is 14.2 Å². The van der Waals surface area contributed by atoms with Gasteiger partial charge in [0.2, 0.25) is 5.91 Å². The first kappa shape index (κ1) is 20.2. The van der Waals surface area contributed by atoms with Crippen molar-refractivity contribution in [1.29, 1.82) is 0 Å². The van der Waals surface area contributed by atoms with Crippen LogP contribution in [0.3, 0.4) is 0 Å². The Morgan fingerprint density at radius 1 is 1.17 bits per heavy atom. The molecule has 2 aromatic carbocycles. The number of amidine groups is 1. The van der Waals surface area contributed by atoms with E-state index in [-0.39, 0.29) is 18.6 Å². The average molecular weight is 409 g/mol. The molecule has 0 spiro atoms. The quantitative estimate of drug-likeness (QED) is 0.778. The van der Waals surface area contributed by atoms with Crippen LogP contribution in [0.1, 0.15) is 18.1 Å². The predicted molar refractivity (Wildman–Crippen MR) is 115 cm³/mol. The van der Waals surface area contributed by atoms with Gasteiger partial charge in [-0.2, -0.15) is 0 Å². The number of piperazine rings is 1. The Hall–Kier alpha value is -3.06. The predicted octanol–water partition coefficient (Wildman–Crippen LogP) is 3.37. The summed E-state index contributed by atoms with van der Waals surface area (Å²) in [4.78, 5) is 21.4. The number of benzene rings is 2. The van der Waals surface area contributed by atoms with Crippen LogP contribution in [-0.4, -0.2) is 68.0 Å². The average Bonchev–Trinajstić information content (AvgIpc) is 2.89. The lowest BCUT2D eigenvalue weighted by Crippen LogP contribution is -2.56. The summed E-state index contributed by atoms with van der Waals surface area (Å²) in [6.45, 7) is 6.15. The highest BCUT2D eigenvalue weighted by molar-refractivity contribution is 6.04. The maximum absolute atomic E-state index is 12.3. The van der Waals surface area contributed by atoms with Crippen LogP contribution in [0.25, 0.3) is 0 Å². The minimum absolute atomic E-state index is 0.0127. The number of rotatable bonds is 3. The fraction of sp³-hybridized carbons (Fsp3) is 0.391. The molecule has 2 aliphatic heterocycles. The van der Waals surface area contributed by atoms with E-state index in [4.69, 9.17) is 19.2 Å². The fourth-order valence-electron chi connectivity index (χ4n) is 3.96. The van der Waals surface area contributed by atoms with Crippen LogP contribution >= 0.6 is 0 Å². The number of hydrogen-bond acceptors (Lipinski definition) is 6. The minimum Gasteiger partial charge on any atom is -0.497 e. The second-order valence-corrected chi connectivity index (χ2v) is 7.69. The molecule has 1 saturated heterocycles. The highest BCUT2D eigenvalue weighted by Crippen LogP contribution is 2.40. The monoisotopic (exact) mass is 409 g/mol. The van der Waals surface area contributed by atoms with Gasteiger partial charge >= 0.3 is 0 Å². The molecular weight excluding hydrogens is 382 g/mol. The largest absolute Gasteiger partial charge is 0.497 e. The highest BCUT2D eigenvalue weighted by Gasteiger charge is 2.31. The van der Waals surface area contributed by atoms with E-state index < -0.39 is 0 Å². The summed E-state index contributed by atoms with van der Waals surface area (Å²) in [5.74, 6) is 3.06. The minimum atomic E-state index is 0.0127. The Labute approximate surface area is 176 Å². The summed E-state index contributed by atoms with van der Waals surface area (Å²) >= 11 is 0. The molecule has 0 radical (unpaired) electrons. The van der Waals surface area contributed by atoms with Crippen LogP contribution in [0, 0.1) is 6.92 Å². The Morgan fingerprint density at radius 2 is 2.00 bits per heavy atom. The molecule has 7 nitrogen and oxygen atoms in total. The van der Waals surface area contributed by atoms with Gasteiger partial charge in [-0.05, 0) is 49.7 Å². The van der Waals surface area contributed by atoms with Crippen LogP contribution in [-0.2, 0) is 9.53 Å². The van der Waals surface area contributed by atoms with E-state index in [0.29, 0.717) is 19.6 Å². The van der Waals surface area contributed by atoms with Gasteiger partial charge in [-0.3, -0.25) is 4.79 Å². The molecule has 2 aromatic rings. The number of nitrogens with zero attached hydrogens (tertiary/aromatic N) is 3. The lowest BCUT2D eigenvalue weighted by molar-refractivity contribution is -0.138. The lowest BCUT2D eigenvalue weighted by Gasteiger charge is -2.41. The molecule has 1 atom stereocenters. The molecule has 30 heavy (non-hydrogen) atoms. The van der Waals surface area contributed by atoms with E-state index in [9.17, 15) is 4.79 Å². The number of carbonyl (C=O) groups is 1. The normalized spacial score (nSPS) is 18.0. The van der Waals surface area contributed by atoms with Gasteiger partial charge in [-0.15, -0.1) is 0 Å². The molecule has 0 saturated carbocycles. The van der Waals surface area contributed by atoms with Crippen molar-refractivity contribution < 1.29 is 19.0 Å². The van der Waals surface area contributed by atoms with E-state index in [0.717, 1.165) is 39.9 Å². The van der Waals surface area contributed by atoms with Crippen LogP contribution in [0.15, 0.2) is 41.4 Å². The third-order valence-corrected chi connectivity index (χ3v) is 5.50. The Morgan fingerprint density at radius 3 is 2.73 bits per heavy atom. The zero-order chi connectivity index (χ0) is 21.3. The van der Waals surface area contributed by atoms with Crippen molar-refractivity contribution in [3.63, 3.8) is 0 Å². The van der Waals surface area contributed by atoms with Crippen molar-refractivity contribution in [3.05, 3.63) is 47.5 Å². The van der Waals surface area contributed by atoms with Gasteiger partial charge in [0, 0.05) is 32.8 Å². The van der Waals surface area contributed by atoms with Crippen molar-refractivity contribution in [2.24, 2.45) is 4.99 Å². The zero-order valence-electron chi connectivity index (χ0n) is 17.8. The van der Waals surface area contributed by atoms with Gasteiger partial charge in [0.15, 0.2) is 5.75 Å². The second-order valence-electron chi connectivity index (χ2n) is 7.69. The maximum atomic E-state index is 12.3. The first-order valence-electron chi connectivity index (χ1n) is 10.1. The topological polar surface area (TPSA) is 63.6 Å². The summed E-state index contributed by atoms with van der Waals surface area (Å²) in [5.41, 5.74) is 2.78. The molecule has 1 fully saturated rings. The molecule has 4 rings (SSSR count). The smallest absolute Gasteiger partial charge is 0.248 e. The summed E-state index contributed by atoms with van der Waals surface area (Å²) in [5, 5.41) is 0. The van der Waals surface area contributed by atoms with Crippen molar-refractivity contribution >= 4 is 17.4 Å². The fourth-order valence-corrected chi connectivity index (χ4v) is 3.96. The first-order chi connectivity index (χ1) is 14.5. The SMILES string of the molecule is COCC(=O)N1CCN(C2=Nc3ccc(C)cc3Oc3ccc(OC)cc32)C[C@@H]1C. The molecule has 0 N–H and O–H groups in total. The van der Waals surface area contributed by atoms with Crippen LogP contribution < -0.4 is 9.47 Å². The number of ether oxygens (including phenoxy) is 3. The molecule has 0 aliphatic carbocycles. The van der Waals surface area contributed by atoms with E-state index >= 15 is 0 Å². The van der Waals surface area contributed by atoms with Gasteiger partial charge in [0.1, 0.15) is 29.6 Å². The number of amides is 1. The number of carbonyl (C=O) groups excluding carboxylic acids is 1. The Kier molecular flexibility index (Phi) is 5.63. The van der Waals surface area contributed by atoms with Gasteiger partial charge in [0.05, 0.1) is 12.7 Å². The molecule has 0 bridgehead atoms. The first-order valence-corrected chi connectivity index (χ1v) is 10.1. The second kappa shape index (κ2) is 8.36. The van der Waals surface area contributed by atoms with Gasteiger partial charge < -0.3 is 24.0 Å². The molecule has 1 amide bonds. The summed E-state index contributed by atoms with van der Waals surface area (Å²) in [6.07, 6.45) is 0. The van der Waals surface area contributed by atoms with Crippen molar-refractivity contribution in [2.45, 2.75) is 19.9 Å². The van der Waals surface area contributed by atoms with Crippen LogP contribution in [0.2, 0.25) is 0 Å². The number of hydrogen-bond donors (Lipinski definition) is 0. The molecule has 158 valence electrons. The number of aliphatic imine (C=N–C) groups is 1. The molecule has 0 aromatic heterocycles. The van der Waals surface area contributed by atoms with Crippen molar-refractivity contribution in [2.75, 3.05) is 40.5 Å². The van der Waals surface area contributed by atoms with E-state index in [1.165, 1.54) is 0 Å². The van der Waals surface area contributed by atoms with Gasteiger partial charge in [-0.1, -0.05) is 6.07 Å². The Balaban J connectivity index is 1.72. The molecular formula is C23H27N3O4. The highest BCUT2D eigenvalue weighted by atomic mass is 16.5. The number of fused-ring (bicyclic) bond motifs is 2. The number of aryl methyl sites for hydroxylation is 1. The summed E-state index contributed by atoms with van der Waals surface area (Å²) < 4.78 is 16.7. The van der Waals surface area contributed by atoms with Gasteiger partial charge in [0.25, 0.3) is 0 Å². The Bertz CT molecular complexity index is 988. The maximum Gasteiger partial charge on any atom is 0.248 e. The van der Waals surface area contributed by atoms with Crippen LogP contribution in [0.4, 0.5) is 5.69 Å². The molecule has 2 heterocycles. The molecule has 0 unspecified atom stereocenters. The zero-order valence-corrected chi connectivity index (χ0v) is 17.8. The van der Waals surface area contributed by atoms with Gasteiger partial charge in [-0.25, -0.2) is 4.99 Å². The van der Waals surface area contributed by atoms with E-state index in [2.05, 4.69) is 11.8 Å². The molecule has 7 heteroatoms. The van der Waals surface area contributed by atoms with E-state index in [1.807, 2.05) is 48.2 Å². The van der Waals surface area contributed by atoms with Crippen molar-refractivity contribution in [3.8, 4) is 17.2 Å². The lowest BCUT2D eigenvalue weighted by atomic mass is 10.1. The summed E-state index contributed by atoms with van der Waals surface area (Å²) in [7, 11) is 3.19. The third-order valence-electron chi connectivity index (χ3n) is 5.50. The molecule has 2 aliphatic rings. The van der Waals surface area contributed by atoms with Crippen LogP contribution in [0.5, 0.6) is 17.2 Å². The standard InChI is InChI=1S/C23H27N3O4/c1-15-5-7-19-21(11-15)30-20-8-6-17(29-4)12-18(20)23(24-19)25-9-10-26(16(2)13-25)22(27)14-28-3/h5-8,11-12,16H,9-10,13-14H2,1-4H3/t16-/m0/s1.